The molecule has 0 spiro atoms. The molecule has 1 heterocycles. The summed E-state index contributed by atoms with van der Waals surface area (Å²) >= 11 is 1.23. The van der Waals surface area contributed by atoms with Crippen molar-refractivity contribution in [2.45, 2.75) is 13.0 Å². The summed E-state index contributed by atoms with van der Waals surface area (Å²) < 4.78 is 9.12. The quantitative estimate of drug-likeness (QED) is 0.735. The number of methoxy groups -OCH3 is 1. The highest BCUT2D eigenvalue weighted by Gasteiger charge is 2.10. The Morgan fingerprint density at radius 3 is 3.15 bits per heavy atom. The number of rotatable bonds is 4. The third kappa shape index (κ3) is 2.65. The molecular weight excluding hydrogens is 188 g/mol. The summed E-state index contributed by atoms with van der Waals surface area (Å²) in [5.74, 6) is 0.646. The second kappa shape index (κ2) is 4.74. The van der Waals surface area contributed by atoms with Gasteiger partial charge in [-0.1, -0.05) is 0 Å². The van der Waals surface area contributed by atoms with Crippen LogP contribution < -0.4 is 5.32 Å². The van der Waals surface area contributed by atoms with Crippen LogP contribution in [0.2, 0.25) is 0 Å². The zero-order valence-corrected chi connectivity index (χ0v) is 8.26. The fraction of sp³-hybridized carbons (Fsp3) is 0.571. The number of nitrogens with one attached hydrogen (secondary N) is 1. The zero-order chi connectivity index (χ0) is 9.68. The van der Waals surface area contributed by atoms with Crippen molar-refractivity contribution in [3.8, 4) is 6.07 Å². The molecule has 6 heteroatoms. The van der Waals surface area contributed by atoms with Crippen LogP contribution in [-0.2, 0) is 4.74 Å². The molecule has 1 rings (SSSR count). The number of anilines is 1. The van der Waals surface area contributed by atoms with Gasteiger partial charge in [-0.3, -0.25) is 0 Å². The summed E-state index contributed by atoms with van der Waals surface area (Å²) in [6, 6.07) is 1.97. The highest BCUT2D eigenvalue weighted by atomic mass is 32.1. The van der Waals surface area contributed by atoms with Gasteiger partial charge in [0.15, 0.2) is 5.82 Å². The van der Waals surface area contributed by atoms with E-state index in [9.17, 15) is 0 Å². The van der Waals surface area contributed by atoms with Crippen molar-refractivity contribution in [2.75, 3.05) is 19.0 Å². The van der Waals surface area contributed by atoms with Gasteiger partial charge in [-0.25, -0.2) is 4.98 Å². The lowest BCUT2D eigenvalue weighted by atomic mass is 10.4. The van der Waals surface area contributed by atoms with Gasteiger partial charge in [-0.15, -0.1) is 0 Å². The first-order chi connectivity index (χ1) is 6.27. The fourth-order valence-corrected chi connectivity index (χ4v) is 1.33. The Labute approximate surface area is 80.5 Å². The normalized spacial score (nSPS) is 12.1. The number of nitrogens with zero attached hydrogens (tertiary/aromatic N) is 3. The van der Waals surface area contributed by atoms with Gasteiger partial charge >= 0.3 is 0 Å². The first-order valence-electron chi connectivity index (χ1n) is 3.75. The summed E-state index contributed by atoms with van der Waals surface area (Å²) in [5, 5.41) is 11.8. The van der Waals surface area contributed by atoms with Gasteiger partial charge in [0, 0.05) is 18.6 Å². The second-order valence-electron chi connectivity index (χ2n) is 2.35. The van der Waals surface area contributed by atoms with E-state index in [0.29, 0.717) is 11.0 Å². The Kier molecular flexibility index (Phi) is 3.61. The number of aromatic nitrogens is 2. The predicted molar refractivity (Wildman–Crippen MR) is 49.4 cm³/mol. The van der Waals surface area contributed by atoms with E-state index in [1.165, 1.54) is 11.5 Å². The summed E-state index contributed by atoms with van der Waals surface area (Å²) in [7, 11) is 1.61. The lowest BCUT2D eigenvalue weighted by Gasteiger charge is -2.02. The molecular formula is C7H10N4OS. The molecule has 0 aliphatic rings. The molecule has 1 aromatic rings. The van der Waals surface area contributed by atoms with Gasteiger partial charge in [0.1, 0.15) is 12.6 Å². The van der Waals surface area contributed by atoms with Crippen LogP contribution >= 0.6 is 11.5 Å². The molecule has 0 aromatic carbocycles. The smallest absolute Gasteiger partial charge is 0.203 e. The summed E-state index contributed by atoms with van der Waals surface area (Å²) in [5.41, 5.74) is 0. The first-order valence-corrected chi connectivity index (χ1v) is 4.52. The van der Waals surface area contributed by atoms with Crippen molar-refractivity contribution in [2.24, 2.45) is 0 Å². The van der Waals surface area contributed by atoms with Crippen molar-refractivity contribution in [1.82, 2.24) is 9.36 Å². The molecule has 0 saturated heterocycles. The van der Waals surface area contributed by atoms with E-state index in [4.69, 9.17) is 10.00 Å². The molecule has 13 heavy (non-hydrogen) atoms. The van der Waals surface area contributed by atoms with E-state index in [-0.39, 0.29) is 12.6 Å². The number of nitriles is 1. The zero-order valence-electron chi connectivity index (χ0n) is 7.44. The van der Waals surface area contributed by atoms with E-state index in [2.05, 4.69) is 14.7 Å². The maximum atomic E-state index is 8.31. The van der Waals surface area contributed by atoms with Crippen LogP contribution in [0, 0.1) is 11.3 Å². The van der Waals surface area contributed by atoms with Crippen molar-refractivity contribution in [1.29, 1.82) is 5.26 Å². The molecule has 0 aliphatic carbocycles. The van der Waals surface area contributed by atoms with Gasteiger partial charge in [0.2, 0.25) is 5.13 Å². The summed E-state index contributed by atoms with van der Waals surface area (Å²) in [6.45, 7) is 2.12. The molecule has 0 amide bonds. The monoisotopic (exact) mass is 198 g/mol. The van der Waals surface area contributed by atoms with Crippen LogP contribution in [-0.4, -0.2) is 23.0 Å². The third-order valence-electron chi connectivity index (χ3n) is 1.48. The minimum Gasteiger partial charge on any atom is -0.374 e. The van der Waals surface area contributed by atoms with Crippen LogP contribution in [0.5, 0.6) is 0 Å². The largest absolute Gasteiger partial charge is 0.374 e. The van der Waals surface area contributed by atoms with Gasteiger partial charge in [-0.2, -0.15) is 9.64 Å². The fourth-order valence-electron chi connectivity index (χ4n) is 0.692. The maximum absolute atomic E-state index is 8.31. The average Bonchev–Trinajstić information content (AvgIpc) is 2.62. The number of hydrogen-bond donors (Lipinski definition) is 1. The standard InChI is InChI=1S/C7H10N4OS/c1-5(12-2)6-10-7(13-11-6)9-4-3-8/h5H,4H2,1-2H3,(H,9,10,11). The molecule has 70 valence electrons. The van der Waals surface area contributed by atoms with Crippen LogP contribution in [0.4, 0.5) is 5.13 Å². The topological polar surface area (TPSA) is 70.8 Å². The van der Waals surface area contributed by atoms with Crippen LogP contribution in [0.3, 0.4) is 0 Å². The SMILES string of the molecule is COC(C)c1nsc(NCC#N)n1. The number of ether oxygens (including phenoxy) is 1. The highest BCUT2D eigenvalue weighted by molar-refractivity contribution is 7.09. The van der Waals surface area contributed by atoms with Crippen molar-refractivity contribution in [3.05, 3.63) is 5.82 Å². The Morgan fingerprint density at radius 2 is 2.54 bits per heavy atom. The molecule has 0 aliphatic heterocycles. The Bertz CT molecular complexity index is 306. The van der Waals surface area contributed by atoms with Crippen LogP contribution in [0.15, 0.2) is 0 Å². The molecule has 1 atom stereocenters. The van der Waals surface area contributed by atoms with E-state index >= 15 is 0 Å². The second-order valence-corrected chi connectivity index (χ2v) is 3.10. The highest BCUT2D eigenvalue weighted by Crippen LogP contribution is 2.17. The summed E-state index contributed by atoms with van der Waals surface area (Å²) in [4.78, 5) is 4.14. The molecule has 0 saturated carbocycles. The minimum absolute atomic E-state index is 0.103. The molecule has 1 unspecified atom stereocenters. The molecule has 5 nitrogen and oxygen atoms in total. The molecule has 0 fully saturated rings. The lowest BCUT2D eigenvalue weighted by molar-refractivity contribution is 0.113. The van der Waals surface area contributed by atoms with E-state index < -0.39 is 0 Å². The molecule has 0 radical (unpaired) electrons. The van der Waals surface area contributed by atoms with Crippen molar-refractivity contribution >= 4 is 16.7 Å². The van der Waals surface area contributed by atoms with Crippen LogP contribution in [0.1, 0.15) is 18.9 Å². The third-order valence-corrected chi connectivity index (χ3v) is 2.16. The molecule has 0 bridgehead atoms. The average molecular weight is 198 g/mol. The van der Waals surface area contributed by atoms with E-state index in [0.717, 1.165) is 0 Å². The Morgan fingerprint density at radius 1 is 1.77 bits per heavy atom. The van der Waals surface area contributed by atoms with Gasteiger partial charge in [0.05, 0.1) is 6.07 Å². The van der Waals surface area contributed by atoms with Crippen molar-refractivity contribution < 1.29 is 4.74 Å². The minimum atomic E-state index is -0.103. The van der Waals surface area contributed by atoms with Gasteiger partial charge in [0.25, 0.3) is 0 Å². The Balaban J connectivity index is 2.59. The molecule has 1 aromatic heterocycles. The van der Waals surface area contributed by atoms with Gasteiger partial charge in [-0.05, 0) is 6.92 Å². The van der Waals surface area contributed by atoms with Gasteiger partial charge < -0.3 is 10.1 Å². The van der Waals surface area contributed by atoms with Crippen molar-refractivity contribution in [3.63, 3.8) is 0 Å². The maximum Gasteiger partial charge on any atom is 0.203 e. The number of hydrogen-bond acceptors (Lipinski definition) is 6. The van der Waals surface area contributed by atoms with E-state index in [1.807, 2.05) is 13.0 Å². The van der Waals surface area contributed by atoms with Crippen LogP contribution in [0.25, 0.3) is 0 Å². The predicted octanol–water partition coefficient (Wildman–Crippen LogP) is 1.18. The molecule has 1 N–H and O–H groups in total. The summed E-state index contributed by atoms with van der Waals surface area (Å²) in [6.07, 6.45) is -0.103. The lowest BCUT2D eigenvalue weighted by Crippen LogP contribution is -2.00. The van der Waals surface area contributed by atoms with E-state index in [1.54, 1.807) is 7.11 Å². The first kappa shape index (κ1) is 9.89. The Hall–Kier alpha value is -1.19.